The lowest BCUT2D eigenvalue weighted by Gasteiger charge is -2.32. The molecule has 2 aromatic carbocycles. The molecule has 5 nitrogen and oxygen atoms in total. The monoisotopic (exact) mass is 368 g/mol. The topological polar surface area (TPSA) is 42.0 Å². The molecule has 1 aliphatic heterocycles. The molecule has 0 aliphatic carbocycles. The highest BCUT2D eigenvalue weighted by atomic mass is 16.5. The average Bonchev–Trinajstić information content (AvgIpc) is 2.72. The number of benzene rings is 2. The first kappa shape index (κ1) is 19.4. The third-order valence-electron chi connectivity index (χ3n) is 5.20. The van der Waals surface area contributed by atoms with Gasteiger partial charge in [0.15, 0.2) is 0 Å². The van der Waals surface area contributed by atoms with E-state index in [-0.39, 0.29) is 5.97 Å². The van der Waals surface area contributed by atoms with E-state index in [1.54, 1.807) is 19.2 Å². The molecular formula is C22H28N2O3. The Morgan fingerprint density at radius 2 is 1.70 bits per heavy atom. The van der Waals surface area contributed by atoms with Crippen LogP contribution in [0.4, 0.5) is 0 Å². The molecule has 0 N–H and O–H groups in total. The Kier molecular flexibility index (Phi) is 6.48. The van der Waals surface area contributed by atoms with Crippen molar-refractivity contribution in [1.82, 2.24) is 9.80 Å². The van der Waals surface area contributed by atoms with Crippen LogP contribution in [0.25, 0.3) is 11.1 Å². The summed E-state index contributed by atoms with van der Waals surface area (Å²) in [7, 11) is 5.27. The van der Waals surface area contributed by atoms with Crippen LogP contribution in [0.2, 0.25) is 0 Å². The van der Waals surface area contributed by atoms with Crippen molar-refractivity contribution in [3.63, 3.8) is 0 Å². The van der Waals surface area contributed by atoms with E-state index < -0.39 is 0 Å². The average molecular weight is 368 g/mol. The summed E-state index contributed by atoms with van der Waals surface area (Å²) in [6.45, 7) is 5.63. The third kappa shape index (κ3) is 4.87. The van der Waals surface area contributed by atoms with Gasteiger partial charge < -0.3 is 19.3 Å². The number of hydrogen-bond donors (Lipinski definition) is 0. The molecule has 0 aromatic heterocycles. The second-order valence-corrected chi connectivity index (χ2v) is 7.00. The van der Waals surface area contributed by atoms with Crippen LogP contribution in [0, 0.1) is 0 Å². The first-order valence-corrected chi connectivity index (χ1v) is 9.37. The maximum Gasteiger partial charge on any atom is 0.337 e. The zero-order valence-corrected chi connectivity index (χ0v) is 16.4. The molecule has 1 aliphatic rings. The molecule has 0 atom stereocenters. The van der Waals surface area contributed by atoms with Crippen LogP contribution in [0.15, 0.2) is 42.5 Å². The Hall–Kier alpha value is -2.37. The lowest BCUT2D eigenvalue weighted by Crippen LogP contribution is -2.45. The summed E-state index contributed by atoms with van der Waals surface area (Å²) in [6, 6.07) is 13.8. The van der Waals surface area contributed by atoms with Gasteiger partial charge in [0.2, 0.25) is 0 Å². The highest BCUT2D eigenvalue weighted by molar-refractivity contribution is 5.90. The van der Waals surface area contributed by atoms with Crippen LogP contribution < -0.4 is 4.74 Å². The SMILES string of the molecule is COC(=O)c1ccc(-c2ccc(CCN3CCN(C)CC3)cc2OC)cc1. The zero-order valence-electron chi connectivity index (χ0n) is 16.4. The number of carbonyl (C=O) groups is 1. The zero-order chi connectivity index (χ0) is 19.2. The molecule has 0 spiro atoms. The molecule has 144 valence electrons. The summed E-state index contributed by atoms with van der Waals surface area (Å²) in [5.41, 5.74) is 3.87. The van der Waals surface area contributed by atoms with Gasteiger partial charge in [-0.05, 0) is 42.8 Å². The molecule has 27 heavy (non-hydrogen) atoms. The number of hydrogen-bond acceptors (Lipinski definition) is 5. The summed E-state index contributed by atoms with van der Waals surface area (Å²) in [6.07, 6.45) is 1.02. The van der Waals surface area contributed by atoms with Crippen LogP contribution >= 0.6 is 0 Å². The second kappa shape index (κ2) is 9.02. The standard InChI is InChI=1S/C22H28N2O3/c1-23-12-14-24(15-13-23)11-10-17-4-9-20(21(16-17)26-2)18-5-7-19(8-6-18)22(25)27-3/h4-9,16H,10-15H2,1-3H3. The Morgan fingerprint density at radius 3 is 2.33 bits per heavy atom. The van der Waals surface area contributed by atoms with Gasteiger partial charge in [0.1, 0.15) is 5.75 Å². The van der Waals surface area contributed by atoms with E-state index in [1.807, 2.05) is 12.1 Å². The molecule has 0 amide bonds. The summed E-state index contributed by atoms with van der Waals surface area (Å²) < 4.78 is 10.4. The number of nitrogens with zero attached hydrogens (tertiary/aromatic N) is 2. The molecular weight excluding hydrogens is 340 g/mol. The van der Waals surface area contributed by atoms with Gasteiger partial charge in [0.25, 0.3) is 0 Å². The van der Waals surface area contributed by atoms with Gasteiger partial charge in [-0.1, -0.05) is 24.3 Å². The van der Waals surface area contributed by atoms with Gasteiger partial charge in [-0.3, -0.25) is 0 Å². The summed E-state index contributed by atoms with van der Waals surface area (Å²) in [4.78, 5) is 16.5. The molecule has 1 heterocycles. The number of carbonyl (C=O) groups excluding carboxylic acids is 1. The summed E-state index contributed by atoms with van der Waals surface area (Å²) >= 11 is 0. The molecule has 0 saturated carbocycles. The van der Waals surface area contributed by atoms with Crippen molar-refractivity contribution in [2.45, 2.75) is 6.42 Å². The van der Waals surface area contributed by atoms with Crippen molar-refractivity contribution in [1.29, 1.82) is 0 Å². The number of rotatable bonds is 6. The predicted molar refractivity (Wildman–Crippen MR) is 107 cm³/mol. The van der Waals surface area contributed by atoms with Gasteiger partial charge in [-0.2, -0.15) is 0 Å². The van der Waals surface area contributed by atoms with E-state index in [4.69, 9.17) is 9.47 Å². The molecule has 5 heteroatoms. The Balaban J connectivity index is 1.69. The van der Waals surface area contributed by atoms with E-state index in [0.29, 0.717) is 5.56 Å². The number of likely N-dealkylation sites (N-methyl/N-ethyl adjacent to an activating group) is 1. The first-order chi connectivity index (χ1) is 13.1. The number of piperazine rings is 1. The van der Waals surface area contributed by atoms with Gasteiger partial charge in [0, 0.05) is 38.3 Å². The van der Waals surface area contributed by atoms with E-state index in [2.05, 4.69) is 35.0 Å². The van der Waals surface area contributed by atoms with E-state index in [9.17, 15) is 4.79 Å². The molecule has 2 aromatic rings. The van der Waals surface area contributed by atoms with Crippen LogP contribution in [-0.4, -0.2) is 69.8 Å². The lowest BCUT2D eigenvalue weighted by molar-refractivity contribution is 0.0601. The second-order valence-electron chi connectivity index (χ2n) is 7.00. The van der Waals surface area contributed by atoms with E-state index in [1.165, 1.54) is 12.7 Å². The van der Waals surface area contributed by atoms with E-state index >= 15 is 0 Å². The molecule has 0 radical (unpaired) electrons. The van der Waals surface area contributed by atoms with Crippen LogP contribution in [0.1, 0.15) is 15.9 Å². The Bertz CT molecular complexity index is 766. The maximum atomic E-state index is 11.6. The third-order valence-corrected chi connectivity index (χ3v) is 5.20. The van der Waals surface area contributed by atoms with Crippen molar-refractivity contribution in [3.05, 3.63) is 53.6 Å². The lowest BCUT2D eigenvalue weighted by atomic mass is 10.00. The fraction of sp³-hybridized carbons (Fsp3) is 0.409. The smallest absolute Gasteiger partial charge is 0.337 e. The number of methoxy groups -OCH3 is 2. The molecule has 1 fully saturated rings. The number of ether oxygens (including phenoxy) is 2. The van der Waals surface area contributed by atoms with Gasteiger partial charge in [-0.25, -0.2) is 4.79 Å². The minimum atomic E-state index is -0.326. The maximum absolute atomic E-state index is 11.6. The minimum absolute atomic E-state index is 0.326. The highest BCUT2D eigenvalue weighted by Crippen LogP contribution is 2.31. The summed E-state index contributed by atoms with van der Waals surface area (Å²) in [5, 5.41) is 0. The van der Waals surface area contributed by atoms with Gasteiger partial charge in [0.05, 0.1) is 19.8 Å². The van der Waals surface area contributed by atoms with Crippen molar-refractivity contribution in [2.24, 2.45) is 0 Å². The van der Waals surface area contributed by atoms with Crippen molar-refractivity contribution in [2.75, 3.05) is 54.0 Å². The fourth-order valence-electron chi connectivity index (χ4n) is 3.39. The van der Waals surface area contributed by atoms with Crippen molar-refractivity contribution >= 4 is 5.97 Å². The Labute approximate surface area is 161 Å². The quantitative estimate of drug-likeness (QED) is 0.734. The van der Waals surface area contributed by atoms with Crippen LogP contribution in [-0.2, 0) is 11.2 Å². The first-order valence-electron chi connectivity index (χ1n) is 9.37. The minimum Gasteiger partial charge on any atom is -0.496 e. The van der Waals surface area contributed by atoms with E-state index in [0.717, 1.165) is 56.0 Å². The van der Waals surface area contributed by atoms with Gasteiger partial charge >= 0.3 is 5.97 Å². The highest BCUT2D eigenvalue weighted by Gasteiger charge is 2.14. The van der Waals surface area contributed by atoms with Crippen molar-refractivity contribution < 1.29 is 14.3 Å². The van der Waals surface area contributed by atoms with Crippen molar-refractivity contribution in [3.8, 4) is 16.9 Å². The largest absolute Gasteiger partial charge is 0.496 e. The van der Waals surface area contributed by atoms with Gasteiger partial charge in [-0.15, -0.1) is 0 Å². The fourth-order valence-corrected chi connectivity index (χ4v) is 3.39. The molecule has 0 unspecified atom stereocenters. The predicted octanol–water partition coefficient (Wildman–Crippen LogP) is 2.94. The normalized spacial score (nSPS) is 15.5. The Morgan fingerprint density at radius 1 is 1.00 bits per heavy atom. The van der Waals surface area contributed by atoms with Crippen LogP contribution in [0.3, 0.4) is 0 Å². The van der Waals surface area contributed by atoms with Crippen LogP contribution in [0.5, 0.6) is 5.75 Å². The molecule has 1 saturated heterocycles. The molecule has 0 bridgehead atoms. The summed E-state index contributed by atoms with van der Waals surface area (Å²) in [5.74, 6) is 0.532. The molecule has 3 rings (SSSR count). The number of esters is 1.